The van der Waals surface area contributed by atoms with Crippen molar-refractivity contribution in [3.63, 3.8) is 0 Å². The molecule has 0 radical (unpaired) electrons. The van der Waals surface area contributed by atoms with E-state index in [1.807, 2.05) is 0 Å². The molecule has 1 nitrogen and oxygen atoms in total. The lowest BCUT2D eigenvalue weighted by atomic mass is 10.0. The van der Waals surface area contributed by atoms with Gasteiger partial charge in [0, 0.05) is 16.5 Å². The van der Waals surface area contributed by atoms with Gasteiger partial charge in [0.15, 0.2) is 0 Å². The maximum atomic E-state index is 2.51. The Bertz CT molecular complexity index is 1470. The maximum absolute atomic E-state index is 2.51. The van der Waals surface area contributed by atoms with Crippen molar-refractivity contribution in [3.05, 3.63) is 90.0 Å². The molecular formula is C28H25NSi. The molecule has 0 atom stereocenters. The van der Waals surface area contributed by atoms with Gasteiger partial charge < -0.3 is 4.57 Å². The highest BCUT2D eigenvalue weighted by molar-refractivity contribution is 7.04. The molecule has 0 aliphatic carbocycles. The van der Waals surface area contributed by atoms with Gasteiger partial charge in [0.05, 0.1) is 11.0 Å². The normalized spacial score (nSPS) is 14.3. The second-order valence-electron chi connectivity index (χ2n) is 9.28. The quantitative estimate of drug-likeness (QED) is 0.294. The van der Waals surface area contributed by atoms with Gasteiger partial charge >= 0.3 is 0 Å². The van der Waals surface area contributed by atoms with Crippen LogP contribution in [0.1, 0.15) is 11.1 Å². The van der Waals surface area contributed by atoms with Crippen LogP contribution in [0.15, 0.2) is 78.9 Å². The summed E-state index contributed by atoms with van der Waals surface area (Å²) in [5.41, 5.74) is 9.38. The number of aryl methyl sites for hydroxylation is 2. The fourth-order valence-electron chi connectivity index (χ4n) is 5.28. The number of para-hydroxylation sites is 1. The van der Waals surface area contributed by atoms with E-state index in [0.717, 1.165) is 0 Å². The minimum Gasteiger partial charge on any atom is -0.309 e. The Labute approximate surface area is 178 Å². The number of rotatable bonds is 1. The molecule has 0 spiro atoms. The monoisotopic (exact) mass is 403 g/mol. The van der Waals surface area contributed by atoms with Gasteiger partial charge in [-0.2, -0.15) is 0 Å². The van der Waals surface area contributed by atoms with Crippen LogP contribution in [0.4, 0.5) is 0 Å². The zero-order chi connectivity index (χ0) is 20.6. The zero-order valence-corrected chi connectivity index (χ0v) is 19.0. The van der Waals surface area contributed by atoms with Crippen molar-refractivity contribution in [2.24, 2.45) is 0 Å². The van der Waals surface area contributed by atoms with Crippen LogP contribution < -0.4 is 10.4 Å². The van der Waals surface area contributed by atoms with E-state index in [1.54, 1.807) is 10.4 Å². The van der Waals surface area contributed by atoms with Crippen LogP contribution in [0, 0.1) is 13.8 Å². The molecule has 0 saturated heterocycles. The van der Waals surface area contributed by atoms with Crippen LogP contribution in [0.3, 0.4) is 0 Å². The zero-order valence-electron chi connectivity index (χ0n) is 18.0. The Morgan fingerprint density at radius 1 is 0.600 bits per heavy atom. The molecule has 0 bridgehead atoms. The molecule has 146 valence electrons. The van der Waals surface area contributed by atoms with E-state index >= 15 is 0 Å². The average Bonchev–Trinajstić information content (AvgIpc) is 3.17. The van der Waals surface area contributed by atoms with E-state index in [4.69, 9.17) is 0 Å². The second-order valence-corrected chi connectivity index (χ2v) is 13.6. The second kappa shape index (κ2) is 5.96. The molecule has 0 unspecified atom stereocenters. The number of fused-ring (bicyclic) bond motifs is 6. The Hall–Kier alpha value is -3.10. The van der Waals surface area contributed by atoms with E-state index in [9.17, 15) is 0 Å². The molecular weight excluding hydrogens is 378 g/mol. The summed E-state index contributed by atoms with van der Waals surface area (Å²) in [5.74, 6) is 0. The number of hydrogen-bond acceptors (Lipinski definition) is 0. The molecule has 5 aromatic rings. The van der Waals surface area contributed by atoms with Crippen molar-refractivity contribution in [3.8, 4) is 16.8 Å². The predicted molar refractivity (Wildman–Crippen MR) is 132 cm³/mol. The number of hydrogen-bond donors (Lipinski definition) is 0. The van der Waals surface area contributed by atoms with Gasteiger partial charge in [-0.3, -0.25) is 0 Å². The van der Waals surface area contributed by atoms with Crippen LogP contribution in [0.5, 0.6) is 0 Å². The minimum atomic E-state index is -1.73. The molecule has 2 heterocycles. The Morgan fingerprint density at radius 3 is 2.10 bits per heavy atom. The number of benzene rings is 4. The number of aromatic nitrogens is 1. The van der Waals surface area contributed by atoms with Gasteiger partial charge in [-0.05, 0) is 65.7 Å². The third kappa shape index (κ3) is 2.28. The third-order valence-electron chi connectivity index (χ3n) is 6.92. The van der Waals surface area contributed by atoms with E-state index in [2.05, 4.69) is 110 Å². The van der Waals surface area contributed by atoms with E-state index in [1.165, 1.54) is 49.7 Å². The van der Waals surface area contributed by atoms with Gasteiger partial charge in [-0.1, -0.05) is 72.8 Å². The Morgan fingerprint density at radius 2 is 1.30 bits per heavy atom. The van der Waals surface area contributed by atoms with Crippen LogP contribution in [-0.4, -0.2) is 12.6 Å². The van der Waals surface area contributed by atoms with Gasteiger partial charge in [-0.15, -0.1) is 0 Å². The highest BCUT2D eigenvalue weighted by atomic mass is 28.3. The minimum absolute atomic E-state index is 1.23. The summed E-state index contributed by atoms with van der Waals surface area (Å²) in [6, 6.07) is 29.7. The molecule has 1 aliphatic rings. The maximum Gasteiger partial charge on any atom is 0.113 e. The molecule has 0 amide bonds. The summed E-state index contributed by atoms with van der Waals surface area (Å²) in [5, 5.41) is 5.82. The van der Waals surface area contributed by atoms with E-state index in [-0.39, 0.29) is 0 Å². The van der Waals surface area contributed by atoms with Crippen molar-refractivity contribution in [2.75, 3.05) is 0 Å². The first-order chi connectivity index (χ1) is 14.4. The fourth-order valence-corrected chi connectivity index (χ4v) is 8.43. The number of nitrogens with zero attached hydrogens (tertiary/aromatic N) is 1. The van der Waals surface area contributed by atoms with Crippen LogP contribution in [0.25, 0.3) is 38.6 Å². The molecule has 1 aliphatic heterocycles. The molecule has 1 aromatic heterocycles. The molecule has 30 heavy (non-hydrogen) atoms. The molecule has 0 N–H and O–H groups in total. The molecule has 0 saturated carbocycles. The lowest BCUT2D eigenvalue weighted by Crippen LogP contribution is -2.49. The Kier molecular flexibility index (Phi) is 3.52. The third-order valence-corrected chi connectivity index (χ3v) is 10.4. The molecule has 2 heteroatoms. The largest absolute Gasteiger partial charge is 0.309 e. The van der Waals surface area contributed by atoms with Crippen molar-refractivity contribution < 1.29 is 0 Å². The SMILES string of the molecule is Cc1ccc(-n2c3ccccc3c3cc4c(cc32)[Si](C)(C)c2cc(C)ccc2-4)cc1. The summed E-state index contributed by atoms with van der Waals surface area (Å²) in [6.45, 7) is 9.36. The molecule has 4 aromatic carbocycles. The lowest BCUT2D eigenvalue weighted by molar-refractivity contribution is 1.18. The lowest BCUT2D eigenvalue weighted by Gasteiger charge is -2.19. The first-order valence-corrected chi connectivity index (χ1v) is 13.7. The van der Waals surface area contributed by atoms with Crippen LogP contribution in [0.2, 0.25) is 13.1 Å². The van der Waals surface area contributed by atoms with E-state index < -0.39 is 8.07 Å². The van der Waals surface area contributed by atoms with Crippen LogP contribution >= 0.6 is 0 Å². The fraction of sp³-hybridized carbons (Fsp3) is 0.143. The summed E-state index contributed by atoms with van der Waals surface area (Å²) >= 11 is 0. The van der Waals surface area contributed by atoms with Crippen molar-refractivity contribution in [2.45, 2.75) is 26.9 Å². The smallest absolute Gasteiger partial charge is 0.113 e. The summed E-state index contributed by atoms with van der Waals surface area (Å²) in [6.07, 6.45) is 0. The highest BCUT2D eigenvalue weighted by Gasteiger charge is 2.38. The topological polar surface area (TPSA) is 4.93 Å². The predicted octanol–water partition coefficient (Wildman–Crippen LogP) is 6.20. The van der Waals surface area contributed by atoms with Crippen molar-refractivity contribution >= 4 is 40.3 Å². The van der Waals surface area contributed by atoms with Gasteiger partial charge in [0.25, 0.3) is 0 Å². The first-order valence-electron chi connectivity index (χ1n) is 10.7. The summed E-state index contributed by atoms with van der Waals surface area (Å²) < 4.78 is 2.45. The first kappa shape index (κ1) is 17.7. The highest BCUT2D eigenvalue weighted by Crippen LogP contribution is 2.37. The average molecular weight is 404 g/mol. The van der Waals surface area contributed by atoms with Crippen molar-refractivity contribution in [1.29, 1.82) is 0 Å². The van der Waals surface area contributed by atoms with Gasteiger partial charge in [0.2, 0.25) is 0 Å². The standard InChI is InChI=1S/C28H25NSi/c1-18-9-12-20(13-10-18)29-25-8-6-5-7-21(25)23-16-24-22-14-11-19(2)15-27(22)30(3,4)28(24)17-26(23)29/h5-17H,1-4H3. The van der Waals surface area contributed by atoms with Gasteiger partial charge in [-0.25, -0.2) is 0 Å². The Balaban J connectivity index is 1.75. The molecule has 6 rings (SSSR count). The van der Waals surface area contributed by atoms with Crippen LogP contribution in [-0.2, 0) is 0 Å². The summed E-state index contributed by atoms with van der Waals surface area (Å²) in [4.78, 5) is 0. The summed E-state index contributed by atoms with van der Waals surface area (Å²) in [7, 11) is -1.73. The van der Waals surface area contributed by atoms with Gasteiger partial charge in [0.1, 0.15) is 8.07 Å². The van der Waals surface area contributed by atoms with Crippen molar-refractivity contribution in [1.82, 2.24) is 4.57 Å². The molecule has 0 fully saturated rings. The van der Waals surface area contributed by atoms with E-state index in [0.29, 0.717) is 0 Å².